The van der Waals surface area contributed by atoms with Crippen LogP contribution in [-0.4, -0.2) is 23.9 Å². The number of rotatable bonds is 5. The third-order valence-electron chi connectivity index (χ3n) is 4.42. The number of piperidine rings is 1. The number of nitrogens with zero attached hydrogens (tertiary/aromatic N) is 1. The van der Waals surface area contributed by atoms with Gasteiger partial charge < -0.3 is 5.32 Å². The molecule has 0 aromatic heterocycles. The second-order valence-electron chi connectivity index (χ2n) is 6.35. The van der Waals surface area contributed by atoms with Crippen LogP contribution in [0.3, 0.4) is 0 Å². The van der Waals surface area contributed by atoms with Crippen LogP contribution in [0, 0.1) is 0 Å². The molecular weight excluding hydrogens is 364 g/mol. The number of amides is 1. The molecule has 1 aliphatic heterocycles. The summed E-state index contributed by atoms with van der Waals surface area (Å²) in [7, 11) is 0. The fourth-order valence-electron chi connectivity index (χ4n) is 3.05. The fraction of sp³-hybridized carbons (Fsp3) is 0.350. The van der Waals surface area contributed by atoms with E-state index in [1.54, 1.807) is 0 Å². The molecule has 2 aromatic carbocycles. The van der Waals surface area contributed by atoms with E-state index >= 15 is 0 Å². The van der Waals surface area contributed by atoms with Crippen molar-refractivity contribution in [2.45, 2.75) is 32.4 Å². The Labute approximate surface area is 152 Å². The van der Waals surface area contributed by atoms with Gasteiger partial charge in [0.1, 0.15) is 0 Å². The van der Waals surface area contributed by atoms with Crippen LogP contribution in [0.1, 0.15) is 40.7 Å². The second-order valence-corrected chi connectivity index (χ2v) is 7.26. The molecule has 126 valence electrons. The van der Waals surface area contributed by atoms with Gasteiger partial charge in [0.25, 0.3) is 5.91 Å². The molecule has 0 saturated carbocycles. The van der Waals surface area contributed by atoms with Gasteiger partial charge in [-0.1, -0.05) is 52.7 Å². The van der Waals surface area contributed by atoms with Crippen LogP contribution in [-0.2, 0) is 13.1 Å². The molecule has 1 N–H and O–H groups in total. The Morgan fingerprint density at radius 3 is 2.42 bits per heavy atom. The Hall–Kier alpha value is -1.65. The molecule has 4 heteroatoms. The average Bonchev–Trinajstić information content (AvgIpc) is 2.62. The Bertz CT molecular complexity index is 678. The molecule has 1 amide bonds. The lowest BCUT2D eigenvalue weighted by Crippen LogP contribution is -2.29. The summed E-state index contributed by atoms with van der Waals surface area (Å²) in [6.45, 7) is 4.01. The van der Waals surface area contributed by atoms with Crippen molar-refractivity contribution in [1.82, 2.24) is 10.2 Å². The Morgan fingerprint density at radius 2 is 1.71 bits per heavy atom. The van der Waals surface area contributed by atoms with Crippen molar-refractivity contribution >= 4 is 21.8 Å². The zero-order chi connectivity index (χ0) is 16.8. The van der Waals surface area contributed by atoms with E-state index in [4.69, 9.17) is 0 Å². The van der Waals surface area contributed by atoms with Gasteiger partial charge in [-0.25, -0.2) is 0 Å². The van der Waals surface area contributed by atoms with Crippen LogP contribution in [0.5, 0.6) is 0 Å². The maximum atomic E-state index is 12.2. The summed E-state index contributed by atoms with van der Waals surface area (Å²) in [6, 6.07) is 16.0. The lowest BCUT2D eigenvalue weighted by molar-refractivity contribution is 0.0951. The van der Waals surface area contributed by atoms with E-state index < -0.39 is 0 Å². The first-order valence-electron chi connectivity index (χ1n) is 8.55. The van der Waals surface area contributed by atoms with Crippen LogP contribution in [0.25, 0.3) is 0 Å². The molecule has 0 spiro atoms. The first-order chi connectivity index (χ1) is 11.7. The van der Waals surface area contributed by atoms with Crippen molar-refractivity contribution in [3.05, 3.63) is 69.7 Å². The standard InChI is InChI=1S/C20H23BrN2O/c21-19-6-4-5-18(13-19)20(24)22-14-16-7-9-17(10-8-16)15-23-11-2-1-3-12-23/h4-10,13H,1-3,11-12,14-15H2,(H,22,24). The van der Waals surface area contributed by atoms with Gasteiger partial charge in [0.15, 0.2) is 0 Å². The number of carbonyl (C=O) groups excluding carboxylic acids is 1. The number of hydrogen-bond acceptors (Lipinski definition) is 2. The molecule has 3 rings (SSSR count). The highest BCUT2D eigenvalue weighted by Gasteiger charge is 2.10. The van der Waals surface area contributed by atoms with Gasteiger partial charge in [-0.2, -0.15) is 0 Å². The summed E-state index contributed by atoms with van der Waals surface area (Å²) < 4.78 is 0.914. The Morgan fingerprint density at radius 1 is 1.00 bits per heavy atom. The Balaban J connectivity index is 1.51. The molecule has 1 fully saturated rings. The molecule has 0 bridgehead atoms. The lowest BCUT2D eigenvalue weighted by atomic mass is 10.1. The highest BCUT2D eigenvalue weighted by Crippen LogP contribution is 2.14. The quantitative estimate of drug-likeness (QED) is 0.827. The third-order valence-corrected chi connectivity index (χ3v) is 4.91. The molecule has 0 radical (unpaired) electrons. The molecule has 2 aromatic rings. The maximum absolute atomic E-state index is 12.2. The molecule has 0 aliphatic carbocycles. The van der Waals surface area contributed by atoms with Gasteiger partial charge in [-0.3, -0.25) is 9.69 Å². The molecule has 1 heterocycles. The normalized spacial score (nSPS) is 15.2. The minimum atomic E-state index is -0.0475. The molecule has 1 aliphatic rings. The molecule has 0 atom stereocenters. The van der Waals surface area contributed by atoms with Crippen LogP contribution in [0.4, 0.5) is 0 Å². The number of halogens is 1. The van der Waals surface area contributed by atoms with Crippen LogP contribution in [0.2, 0.25) is 0 Å². The summed E-state index contributed by atoms with van der Waals surface area (Å²) in [6.07, 6.45) is 4.01. The van der Waals surface area contributed by atoms with Crippen LogP contribution < -0.4 is 5.32 Å². The van der Waals surface area contributed by atoms with E-state index in [9.17, 15) is 4.79 Å². The second kappa shape index (κ2) is 8.45. The topological polar surface area (TPSA) is 32.3 Å². The molecule has 1 saturated heterocycles. The monoisotopic (exact) mass is 386 g/mol. The van der Waals surface area contributed by atoms with Crippen molar-refractivity contribution in [3.63, 3.8) is 0 Å². The highest BCUT2D eigenvalue weighted by molar-refractivity contribution is 9.10. The summed E-state index contributed by atoms with van der Waals surface area (Å²) in [4.78, 5) is 14.7. The van der Waals surface area contributed by atoms with Crippen LogP contribution in [0.15, 0.2) is 53.0 Å². The third kappa shape index (κ3) is 4.92. The number of hydrogen-bond donors (Lipinski definition) is 1. The summed E-state index contributed by atoms with van der Waals surface area (Å²) >= 11 is 3.39. The SMILES string of the molecule is O=C(NCc1ccc(CN2CCCCC2)cc1)c1cccc(Br)c1. The van der Waals surface area contributed by atoms with E-state index in [1.165, 1.54) is 37.9 Å². The van der Waals surface area contributed by atoms with E-state index in [1.807, 2.05) is 24.3 Å². The van der Waals surface area contributed by atoms with Crippen molar-refractivity contribution < 1.29 is 4.79 Å². The molecule has 3 nitrogen and oxygen atoms in total. The maximum Gasteiger partial charge on any atom is 0.251 e. The van der Waals surface area contributed by atoms with E-state index in [-0.39, 0.29) is 5.91 Å². The van der Waals surface area contributed by atoms with E-state index in [0.717, 1.165) is 16.6 Å². The lowest BCUT2D eigenvalue weighted by Gasteiger charge is -2.26. The van der Waals surface area contributed by atoms with Crippen molar-refractivity contribution in [2.75, 3.05) is 13.1 Å². The van der Waals surface area contributed by atoms with Crippen LogP contribution >= 0.6 is 15.9 Å². The van der Waals surface area contributed by atoms with Gasteiger partial charge in [0.2, 0.25) is 0 Å². The summed E-state index contributed by atoms with van der Waals surface area (Å²) in [5.74, 6) is -0.0475. The summed E-state index contributed by atoms with van der Waals surface area (Å²) in [5.41, 5.74) is 3.14. The van der Waals surface area contributed by atoms with E-state index in [0.29, 0.717) is 12.1 Å². The number of nitrogens with one attached hydrogen (secondary N) is 1. The van der Waals surface area contributed by atoms with Crippen molar-refractivity contribution in [3.8, 4) is 0 Å². The first-order valence-corrected chi connectivity index (χ1v) is 9.34. The minimum absolute atomic E-state index is 0.0475. The number of benzene rings is 2. The first kappa shape index (κ1) is 17.2. The van der Waals surface area contributed by atoms with Gasteiger partial charge >= 0.3 is 0 Å². The van der Waals surface area contributed by atoms with Gasteiger partial charge in [-0.15, -0.1) is 0 Å². The van der Waals surface area contributed by atoms with Crippen molar-refractivity contribution in [1.29, 1.82) is 0 Å². The van der Waals surface area contributed by atoms with Gasteiger partial charge in [-0.05, 0) is 55.3 Å². The number of likely N-dealkylation sites (tertiary alicyclic amines) is 1. The minimum Gasteiger partial charge on any atom is -0.348 e. The summed E-state index contributed by atoms with van der Waals surface area (Å²) in [5, 5.41) is 2.97. The number of carbonyl (C=O) groups is 1. The zero-order valence-corrected chi connectivity index (χ0v) is 15.4. The largest absolute Gasteiger partial charge is 0.348 e. The molecule has 0 unspecified atom stereocenters. The average molecular weight is 387 g/mol. The van der Waals surface area contributed by atoms with E-state index in [2.05, 4.69) is 50.4 Å². The fourth-order valence-corrected chi connectivity index (χ4v) is 3.45. The predicted molar refractivity (Wildman–Crippen MR) is 101 cm³/mol. The smallest absolute Gasteiger partial charge is 0.251 e. The molecule has 24 heavy (non-hydrogen) atoms. The van der Waals surface area contributed by atoms with Gasteiger partial charge in [0.05, 0.1) is 0 Å². The van der Waals surface area contributed by atoms with Crippen molar-refractivity contribution in [2.24, 2.45) is 0 Å². The predicted octanol–water partition coefficient (Wildman–Crippen LogP) is 4.37. The highest BCUT2D eigenvalue weighted by atomic mass is 79.9. The molecular formula is C20H23BrN2O. The van der Waals surface area contributed by atoms with Gasteiger partial charge in [0, 0.05) is 23.1 Å². The zero-order valence-electron chi connectivity index (χ0n) is 13.8. The Kier molecular flexibility index (Phi) is 6.05.